The van der Waals surface area contributed by atoms with E-state index in [9.17, 15) is 4.57 Å². The Balaban J connectivity index is 0. The van der Waals surface area contributed by atoms with Crippen LogP contribution in [0.25, 0.3) is 0 Å². The number of phosphoric ester groups is 1. The van der Waals surface area contributed by atoms with Crippen molar-refractivity contribution in [1.82, 2.24) is 0 Å². The van der Waals surface area contributed by atoms with Crippen molar-refractivity contribution < 1.29 is 71.7 Å². The van der Waals surface area contributed by atoms with Crippen LogP contribution < -0.4 is 61.6 Å². The molecule has 0 amide bonds. The van der Waals surface area contributed by atoms with Gasteiger partial charge in [-0.3, -0.25) is 9.79 Å². The van der Waals surface area contributed by atoms with Crippen molar-refractivity contribution in [3.8, 4) is 5.75 Å². The van der Waals surface area contributed by atoms with E-state index in [1.807, 2.05) is 0 Å². The molecule has 0 saturated heterocycles. The molecule has 1 aromatic carbocycles. The third-order valence-electron chi connectivity index (χ3n) is 1.08. The van der Waals surface area contributed by atoms with Crippen molar-refractivity contribution >= 4 is 13.5 Å². The average Bonchev–Trinajstić information content (AvgIpc) is 1.82. The molecule has 0 radical (unpaired) electrons. The molecular formula is C6H9KNO4P. The van der Waals surface area contributed by atoms with Gasteiger partial charge in [0.2, 0.25) is 0 Å². The maximum absolute atomic E-state index is 10.3. The Labute approximate surface area is 119 Å². The molecule has 0 aliphatic heterocycles. The van der Waals surface area contributed by atoms with E-state index < -0.39 is 7.82 Å². The summed E-state index contributed by atoms with van der Waals surface area (Å²) in [7, 11) is -4.46. The number of benzene rings is 1. The average molecular weight is 229 g/mol. The summed E-state index contributed by atoms with van der Waals surface area (Å²) in [5.41, 5.74) is 5.73. The molecule has 0 heterocycles. The minimum Gasteiger partial charge on any atom is -1.00 e. The predicted octanol–water partition coefficient (Wildman–Crippen LogP) is -2.14. The van der Waals surface area contributed by atoms with Gasteiger partial charge in [-0.15, -0.1) is 0 Å². The first kappa shape index (κ1) is 13.6. The summed E-state index contributed by atoms with van der Waals surface area (Å²) in [4.78, 5) is 16.8. The van der Waals surface area contributed by atoms with Crippen LogP contribution in [0.3, 0.4) is 0 Å². The fourth-order valence-corrected chi connectivity index (χ4v) is 1.10. The Bertz CT molecular complexity index is 331. The molecule has 68 valence electrons. The number of nitrogens with two attached hydrogens (primary N) is 1. The van der Waals surface area contributed by atoms with Crippen LogP contribution >= 0.6 is 7.82 Å². The van der Waals surface area contributed by atoms with Gasteiger partial charge in [-0.1, -0.05) is 6.07 Å². The van der Waals surface area contributed by atoms with Gasteiger partial charge in [0.05, 0.1) is 0 Å². The van der Waals surface area contributed by atoms with Crippen LogP contribution in [0, 0.1) is 0 Å². The zero-order valence-electron chi connectivity index (χ0n) is 8.04. The molecule has 13 heavy (non-hydrogen) atoms. The second-order valence-electron chi connectivity index (χ2n) is 2.15. The molecule has 0 saturated carbocycles. The van der Waals surface area contributed by atoms with Crippen molar-refractivity contribution in [3.05, 3.63) is 24.3 Å². The van der Waals surface area contributed by atoms with Crippen molar-refractivity contribution in [3.63, 3.8) is 0 Å². The van der Waals surface area contributed by atoms with Gasteiger partial charge >= 0.3 is 59.2 Å². The van der Waals surface area contributed by atoms with Gasteiger partial charge in [0.25, 0.3) is 0 Å². The van der Waals surface area contributed by atoms with Crippen LogP contribution in [0.15, 0.2) is 24.3 Å². The first-order valence-corrected chi connectivity index (χ1v) is 4.61. The largest absolute Gasteiger partial charge is 1.00 e. The Morgan fingerprint density at radius 3 is 2.54 bits per heavy atom. The quantitative estimate of drug-likeness (QED) is 0.306. The van der Waals surface area contributed by atoms with E-state index in [4.69, 9.17) is 15.5 Å². The Morgan fingerprint density at radius 2 is 2.08 bits per heavy atom. The smallest absolute Gasteiger partial charge is 1.00 e. The van der Waals surface area contributed by atoms with Crippen LogP contribution in [0.5, 0.6) is 5.75 Å². The van der Waals surface area contributed by atoms with Gasteiger partial charge in [0.1, 0.15) is 5.75 Å². The topological polar surface area (TPSA) is 92.8 Å². The summed E-state index contributed by atoms with van der Waals surface area (Å²) in [6.07, 6.45) is 0. The molecule has 0 atom stereocenters. The van der Waals surface area contributed by atoms with Crippen LogP contribution in [0.2, 0.25) is 0 Å². The number of anilines is 1. The van der Waals surface area contributed by atoms with Gasteiger partial charge in [-0.25, -0.2) is 4.57 Å². The standard InChI is InChI=1S/C6H8NO4P.K.H/c7-5-2-1-3-6(4-5)11-12(8,9)10;;/h1-4H,7H2,(H2,8,9,10);;/q;+1;-1. The molecule has 0 bridgehead atoms. The summed E-state index contributed by atoms with van der Waals surface area (Å²) in [6.45, 7) is 0. The van der Waals surface area contributed by atoms with Gasteiger partial charge in [0, 0.05) is 11.8 Å². The molecule has 1 aromatic rings. The van der Waals surface area contributed by atoms with Crippen molar-refractivity contribution in [2.45, 2.75) is 0 Å². The number of nitrogen functional groups attached to an aromatic ring is 1. The maximum Gasteiger partial charge on any atom is 1.00 e. The van der Waals surface area contributed by atoms with E-state index >= 15 is 0 Å². The minimum atomic E-state index is -4.46. The van der Waals surface area contributed by atoms with Crippen LogP contribution in [0.1, 0.15) is 1.43 Å². The van der Waals surface area contributed by atoms with E-state index in [0.717, 1.165) is 0 Å². The molecule has 0 fully saturated rings. The first-order chi connectivity index (χ1) is 5.47. The van der Waals surface area contributed by atoms with E-state index in [1.54, 1.807) is 12.1 Å². The van der Waals surface area contributed by atoms with E-state index in [2.05, 4.69) is 4.52 Å². The Morgan fingerprint density at radius 1 is 1.46 bits per heavy atom. The third kappa shape index (κ3) is 5.82. The fraction of sp³-hybridized carbons (Fsp3) is 0. The summed E-state index contributed by atoms with van der Waals surface area (Å²) in [5, 5.41) is 0. The van der Waals surface area contributed by atoms with Crippen molar-refractivity contribution in [2.24, 2.45) is 0 Å². The van der Waals surface area contributed by atoms with E-state index in [1.165, 1.54) is 12.1 Å². The van der Waals surface area contributed by atoms with Gasteiger partial charge < -0.3 is 11.7 Å². The molecule has 0 spiro atoms. The zero-order chi connectivity index (χ0) is 9.19. The molecule has 1 rings (SSSR count). The second kappa shape index (κ2) is 5.48. The third-order valence-corrected chi connectivity index (χ3v) is 1.53. The van der Waals surface area contributed by atoms with E-state index in [0.29, 0.717) is 5.69 Å². The Kier molecular flexibility index (Phi) is 5.73. The van der Waals surface area contributed by atoms with Gasteiger partial charge in [-0.2, -0.15) is 0 Å². The monoisotopic (exact) mass is 229 g/mol. The molecule has 4 N–H and O–H groups in total. The SMILES string of the molecule is Nc1cccc(OP(=O)(O)O)c1.[H-].[K+]. The first-order valence-electron chi connectivity index (χ1n) is 3.08. The molecule has 5 nitrogen and oxygen atoms in total. The normalized spacial score (nSPS) is 10.3. The van der Waals surface area contributed by atoms with E-state index in [-0.39, 0.29) is 58.6 Å². The van der Waals surface area contributed by atoms with Crippen LogP contribution in [0.4, 0.5) is 5.69 Å². The summed E-state index contributed by atoms with van der Waals surface area (Å²) >= 11 is 0. The minimum absolute atomic E-state index is 0. The molecule has 7 heteroatoms. The molecular weight excluding hydrogens is 220 g/mol. The van der Waals surface area contributed by atoms with Gasteiger partial charge in [0.15, 0.2) is 0 Å². The van der Waals surface area contributed by atoms with Gasteiger partial charge in [-0.05, 0) is 12.1 Å². The second-order valence-corrected chi connectivity index (χ2v) is 3.32. The molecule has 0 unspecified atom stereocenters. The molecule has 0 aromatic heterocycles. The molecule has 0 aliphatic rings. The Hall–Kier alpha value is 0.606. The number of hydrogen-bond acceptors (Lipinski definition) is 3. The van der Waals surface area contributed by atoms with Crippen molar-refractivity contribution in [2.75, 3.05) is 5.73 Å². The van der Waals surface area contributed by atoms with Crippen molar-refractivity contribution in [1.29, 1.82) is 0 Å². The predicted molar refractivity (Wildman–Crippen MR) is 44.6 cm³/mol. The number of phosphoric acid groups is 1. The van der Waals surface area contributed by atoms with Crippen LogP contribution in [-0.4, -0.2) is 9.79 Å². The molecule has 0 aliphatic carbocycles. The number of rotatable bonds is 2. The number of hydrogen-bond donors (Lipinski definition) is 3. The maximum atomic E-state index is 10.3. The summed E-state index contributed by atoms with van der Waals surface area (Å²) in [6, 6.07) is 5.88. The van der Waals surface area contributed by atoms with Crippen LogP contribution in [-0.2, 0) is 4.57 Å². The zero-order valence-corrected chi connectivity index (χ0v) is 11.1. The summed E-state index contributed by atoms with van der Waals surface area (Å²) < 4.78 is 14.6. The summed E-state index contributed by atoms with van der Waals surface area (Å²) in [5.74, 6) is 0.0586. The fourth-order valence-electron chi connectivity index (χ4n) is 0.709.